The first-order chi connectivity index (χ1) is 11.9. The minimum atomic E-state index is 0.109. The highest BCUT2D eigenvalue weighted by atomic mass is 16.3. The number of aromatic hydroxyl groups is 2. The lowest BCUT2D eigenvalue weighted by atomic mass is 9.73. The van der Waals surface area contributed by atoms with Crippen LogP contribution in [0.4, 0.5) is 0 Å². The normalized spacial score (nSPS) is 20.7. The Morgan fingerprint density at radius 1 is 1.28 bits per heavy atom. The van der Waals surface area contributed by atoms with E-state index in [0.29, 0.717) is 5.92 Å². The van der Waals surface area contributed by atoms with Crippen LogP contribution in [-0.4, -0.2) is 10.2 Å². The van der Waals surface area contributed by atoms with E-state index < -0.39 is 0 Å². The van der Waals surface area contributed by atoms with E-state index in [1.807, 2.05) is 0 Å². The molecule has 1 aromatic rings. The largest absolute Gasteiger partial charge is 0.508 e. The highest BCUT2D eigenvalue weighted by Crippen LogP contribution is 2.45. The van der Waals surface area contributed by atoms with Crippen molar-refractivity contribution in [2.45, 2.75) is 65.2 Å². The Labute approximate surface area is 152 Å². The number of phenolic OH excluding ortho intramolecular Hbond substituents is 2. The van der Waals surface area contributed by atoms with Crippen molar-refractivity contribution in [3.05, 3.63) is 53.1 Å². The van der Waals surface area contributed by atoms with Gasteiger partial charge in [0.05, 0.1) is 0 Å². The smallest absolute Gasteiger partial charge is 0.123 e. The molecule has 2 rings (SSSR count). The zero-order valence-electron chi connectivity index (χ0n) is 15.9. The molecule has 0 spiro atoms. The van der Waals surface area contributed by atoms with Crippen molar-refractivity contribution in [1.29, 1.82) is 0 Å². The minimum absolute atomic E-state index is 0.109. The Bertz CT molecular complexity index is 667. The molecular weight excluding hydrogens is 308 g/mol. The van der Waals surface area contributed by atoms with Gasteiger partial charge < -0.3 is 10.2 Å². The number of benzene rings is 1. The first-order valence-electron chi connectivity index (χ1n) is 9.49. The summed E-state index contributed by atoms with van der Waals surface area (Å²) in [6.45, 7) is 10.6. The summed E-state index contributed by atoms with van der Waals surface area (Å²) in [6.07, 6.45) is 13.2. The van der Waals surface area contributed by atoms with E-state index in [1.165, 1.54) is 30.9 Å². The molecule has 0 saturated carbocycles. The molecule has 0 heterocycles. The summed E-state index contributed by atoms with van der Waals surface area (Å²) in [7, 11) is 0. The molecule has 1 aliphatic carbocycles. The first-order valence-corrected chi connectivity index (χ1v) is 9.49. The molecule has 0 bridgehead atoms. The maximum absolute atomic E-state index is 10.6. The van der Waals surface area contributed by atoms with Crippen LogP contribution in [0, 0.1) is 5.92 Å². The van der Waals surface area contributed by atoms with E-state index in [0.717, 1.165) is 36.0 Å². The molecule has 2 nitrogen and oxygen atoms in total. The third-order valence-corrected chi connectivity index (χ3v) is 5.16. The molecule has 2 N–H and O–H groups in total. The average Bonchev–Trinajstić information content (AvgIpc) is 2.53. The van der Waals surface area contributed by atoms with Crippen molar-refractivity contribution in [3.63, 3.8) is 0 Å². The standard InChI is InChI=1S/C23H32O2/c1-5-6-7-8-9-10-18-14-19(24)15-22(25)23(18)21-13-17(4)11-12-20(21)16(2)3/h9-10,13-15,20-21,24-25H,2,5-8,11-12H2,1,3-4H3/b10-9-/t20-,21+/m0/s1. The molecule has 0 radical (unpaired) electrons. The van der Waals surface area contributed by atoms with E-state index in [4.69, 9.17) is 0 Å². The van der Waals surface area contributed by atoms with Crippen LogP contribution in [-0.2, 0) is 0 Å². The van der Waals surface area contributed by atoms with E-state index in [-0.39, 0.29) is 17.4 Å². The summed E-state index contributed by atoms with van der Waals surface area (Å²) in [6, 6.07) is 3.22. The van der Waals surface area contributed by atoms with Gasteiger partial charge in [0.1, 0.15) is 11.5 Å². The van der Waals surface area contributed by atoms with Gasteiger partial charge in [-0.05, 0) is 57.1 Å². The topological polar surface area (TPSA) is 40.5 Å². The molecule has 0 saturated heterocycles. The number of phenols is 2. The highest BCUT2D eigenvalue weighted by molar-refractivity contribution is 5.63. The van der Waals surface area contributed by atoms with Gasteiger partial charge in [0.2, 0.25) is 0 Å². The van der Waals surface area contributed by atoms with Crippen LogP contribution < -0.4 is 0 Å². The lowest BCUT2D eigenvalue weighted by molar-refractivity contribution is 0.426. The Balaban J connectivity index is 2.41. The molecule has 2 atom stereocenters. The Hall–Kier alpha value is -1.96. The molecule has 0 amide bonds. The molecule has 1 aromatic carbocycles. The molecule has 0 aromatic heterocycles. The quantitative estimate of drug-likeness (QED) is 0.428. The van der Waals surface area contributed by atoms with Crippen LogP contribution in [0.25, 0.3) is 6.08 Å². The van der Waals surface area contributed by atoms with Crippen LogP contribution in [0.1, 0.15) is 76.3 Å². The summed E-state index contributed by atoms with van der Waals surface area (Å²) in [4.78, 5) is 0. The summed E-state index contributed by atoms with van der Waals surface area (Å²) < 4.78 is 0. The van der Waals surface area contributed by atoms with Gasteiger partial charge in [-0.1, -0.05) is 55.7 Å². The van der Waals surface area contributed by atoms with Gasteiger partial charge in [-0.3, -0.25) is 0 Å². The number of hydrogen-bond acceptors (Lipinski definition) is 2. The first kappa shape index (κ1) is 19.4. The molecule has 0 fully saturated rings. The summed E-state index contributed by atoms with van der Waals surface area (Å²) in [5.41, 5.74) is 4.33. The SMILES string of the molecule is C=C(C)[C@@H]1CCC(C)=C[C@H]1c1c(O)cc(O)cc1/C=C\CCCCC. The van der Waals surface area contributed by atoms with Crippen molar-refractivity contribution < 1.29 is 10.2 Å². The van der Waals surface area contributed by atoms with E-state index in [1.54, 1.807) is 6.07 Å². The van der Waals surface area contributed by atoms with Gasteiger partial charge in [-0.15, -0.1) is 0 Å². The van der Waals surface area contributed by atoms with E-state index in [9.17, 15) is 10.2 Å². The maximum Gasteiger partial charge on any atom is 0.123 e. The van der Waals surface area contributed by atoms with Gasteiger partial charge >= 0.3 is 0 Å². The van der Waals surface area contributed by atoms with Crippen molar-refractivity contribution >= 4 is 6.08 Å². The fraction of sp³-hybridized carbons (Fsp3) is 0.478. The monoisotopic (exact) mass is 340 g/mol. The Kier molecular flexibility index (Phi) is 6.92. The lowest BCUT2D eigenvalue weighted by Crippen LogP contribution is -2.17. The van der Waals surface area contributed by atoms with E-state index in [2.05, 4.69) is 45.6 Å². The molecule has 0 aliphatic heterocycles. The van der Waals surface area contributed by atoms with Crippen LogP contribution in [0.5, 0.6) is 11.5 Å². The van der Waals surface area contributed by atoms with Gasteiger partial charge in [0, 0.05) is 17.5 Å². The average molecular weight is 341 g/mol. The third-order valence-electron chi connectivity index (χ3n) is 5.16. The predicted molar refractivity (Wildman–Crippen MR) is 107 cm³/mol. The fourth-order valence-electron chi connectivity index (χ4n) is 3.77. The van der Waals surface area contributed by atoms with Crippen molar-refractivity contribution in [2.24, 2.45) is 5.92 Å². The van der Waals surface area contributed by atoms with Crippen LogP contribution in [0.2, 0.25) is 0 Å². The van der Waals surface area contributed by atoms with Crippen molar-refractivity contribution in [3.8, 4) is 11.5 Å². The zero-order chi connectivity index (χ0) is 18.4. The number of rotatable bonds is 7. The molecule has 25 heavy (non-hydrogen) atoms. The second kappa shape index (κ2) is 8.94. The molecule has 136 valence electrons. The molecule has 2 heteroatoms. The Morgan fingerprint density at radius 3 is 2.72 bits per heavy atom. The van der Waals surface area contributed by atoms with Gasteiger partial charge in [0.15, 0.2) is 0 Å². The van der Waals surface area contributed by atoms with Crippen LogP contribution in [0.15, 0.2) is 42.0 Å². The maximum atomic E-state index is 10.6. The lowest BCUT2D eigenvalue weighted by Gasteiger charge is -2.32. The van der Waals surface area contributed by atoms with Crippen LogP contribution >= 0.6 is 0 Å². The summed E-state index contributed by atoms with van der Waals surface area (Å²) in [5.74, 6) is 0.724. The number of unbranched alkanes of at least 4 members (excludes halogenated alkanes) is 3. The molecule has 0 unspecified atom stereocenters. The molecular formula is C23H32O2. The third kappa shape index (κ3) is 5.01. The predicted octanol–water partition coefficient (Wildman–Crippen LogP) is 6.71. The van der Waals surface area contributed by atoms with Crippen molar-refractivity contribution in [1.82, 2.24) is 0 Å². The van der Waals surface area contributed by atoms with Gasteiger partial charge in [-0.25, -0.2) is 0 Å². The molecule has 1 aliphatic rings. The zero-order valence-corrected chi connectivity index (χ0v) is 15.9. The van der Waals surface area contributed by atoms with E-state index >= 15 is 0 Å². The number of hydrogen-bond donors (Lipinski definition) is 2. The highest BCUT2D eigenvalue weighted by Gasteiger charge is 2.29. The van der Waals surface area contributed by atoms with Gasteiger partial charge in [0.25, 0.3) is 0 Å². The van der Waals surface area contributed by atoms with Crippen LogP contribution in [0.3, 0.4) is 0 Å². The summed E-state index contributed by atoms with van der Waals surface area (Å²) >= 11 is 0. The van der Waals surface area contributed by atoms with Gasteiger partial charge in [-0.2, -0.15) is 0 Å². The fourth-order valence-corrected chi connectivity index (χ4v) is 3.77. The Morgan fingerprint density at radius 2 is 2.04 bits per heavy atom. The second-order valence-corrected chi connectivity index (χ2v) is 7.40. The minimum Gasteiger partial charge on any atom is -0.508 e. The number of allylic oxidation sites excluding steroid dienone is 4. The van der Waals surface area contributed by atoms with Crippen molar-refractivity contribution in [2.75, 3.05) is 0 Å². The second-order valence-electron chi connectivity index (χ2n) is 7.40. The summed E-state index contributed by atoms with van der Waals surface area (Å²) in [5, 5.41) is 20.6.